The lowest BCUT2D eigenvalue weighted by Crippen LogP contribution is -1.93. The van der Waals surface area contributed by atoms with Crippen molar-refractivity contribution in [3.63, 3.8) is 0 Å². The molecule has 0 unspecified atom stereocenters. The highest BCUT2D eigenvalue weighted by Crippen LogP contribution is 2.26. The van der Waals surface area contributed by atoms with Crippen LogP contribution in [0, 0.1) is 0 Å². The predicted molar refractivity (Wildman–Crippen MR) is 139 cm³/mol. The highest BCUT2D eigenvalue weighted by Gasteiger charge is 2.07. The number of benzene rings is 4. The molecule has 0 atom stereocenters. The molecule has 4 aromatic carbocycles. The molecule has 1 heterocycles. The van der Waals surface area contributed by atoms with Gasteiger partial charge in [0, 0.05) is 0 Å². The van der Waals surface area contributed by atoms with Gasteiger partial charge in [-0.25, -0.2) is 0 Å². The Morgan fingerprint density at radius 1 is 0.353 bits per heavy atom. The van der Waals surface area contributed by atoms with Crippen LogP contribution < -0.4 is 0 Å². The Balaban J connectivity index is 1.59. The standard InChI is InChI=1S/C30H24N4/c1-5-13-27-23(9-1)17-18-24-10-2-6-14-28(24)33-22-34-30-16-8-4-12-26(30)20-19-25-11-3-7-15-29(25)32-21-31-27/h1-16H,17-20H2. The third-order valence-corrected chi connectivity index (χ3v) is 5.98. The molecule has 1 aliphatic heterocycles. The maximum atomic E-state index is 4.57. The van der Waals surface area contributed by atoms with E-state index in [1.54, 1.807) is 0 Å². The van der Waals surface area contributed by atoms with Gasteiger partial charge in [-0.15, -0.1) is 0 Å². The molecule has 4 aromatic rings. The normalized spacial score (nSPS) is 13.2. The summed E-state index contributed by atoms with van der Waals surface area (Å²) in [5, 5.41) is 0. The molecule has 4 nitrogen and oxygen atoms in total. The van der Waals surface area contributed by atoms with E-state index in [1.807, 2.05) is 72.8 Å². The quantitative estimate of drug-likeness (QED) is 0.267. The first kappa shape index (κ1) is 21.5. The Morgan fingerprint density at radius 3 is 0.853 bits per heavy atom. The molecule has 34 heavy (non-hydrogen) atoms. The second-order valence-electron chi connectivity index (χ2n) is 8.16. The zero-order valence-corrected chi connectivity index (χ0v) is 18.9. The van der Waals surface area contributed by atoms with Gasteiger partial charge < -0.3 is 0 Å². The van der Waals surface area contributed by atoms with E-state index < -0.39 is 0 Å². The third-order valence-electron chi connectivity index (χ3n) is 5.98. The van der Waals surface area contributed by atoms with Crippen molar-refractivity contribution in [2.45, 2.75) is 25.7 Å². The van der Waals surface area contributed by atoms with Crippen LogP contribution in [-0.2, 0) is 25.7 Å². The lowest BCUT2D eigenvalue weighted by molar-refractivity contribution is 0.957. The predicted octanol–water partition coefficient (Wildman–Crippen LogP) is 7.84. The summed E-state index contributed by atoms with van der Waals surface area (Å²) in [6.45, 7) is 0. The van der Waals surface area contributed by atoms with Gasteiger partial charge in [0.15, 0.2) is 0 Å². The van der Waals surface area contributed by atoms with Crippen LogP contribution in [0.4, 0.5) is 22.7 Å². The number of fused-ring (bicyclic) bond motifs is 4. The van der Waals surface area contributed by atoms with Gasteiger partial charge in [0.25, 0.3) is 0 Å². The molecule has 0 N–H and O–H groups in total. The summed E-state index contributed by atoms with van der Waals surface area (Å²) >= 11 is 0. The topological polar surface area (TPSA) is 49.4 Å². The Morgan fingerprint density at radius 2 is 0.588 bits per heavy atom. The van der Waals surface area contributed by atoms with E-state index in [1.165, 1.54) is 0 Å². The average molecular weight is 441 g/mol. The second-order valence-corrected chi connectivity index (χ2v) is 8.16. The third kappa shape index (κ3) is 5.16. The first-order valence-electron chi connectivity index (χ1n) is 11.5. The smallest absolute Gasteiger partial charge is 0.100 e. The van der Waals surface area contributed by atoms with Crippen molar-refractivity contribution >= 4 is 34.8 Å². The van der Waals surface area contributed by atoms with Crippen molar-refractivity contribution in [3.05, 3.63) is 119 Å². The number of rotatable bonds is 0. The molecule has 0 spiro atoms. The molecule has 4 heteroatoms. The highest BCUT2D eigenvalue weighted by atomic mass is 14.8. The summed E-state index contributed by atoms with van der Waals surface area (Å²) < 4.78 is 0. The Bertz CT molecular complexity index is 1220. The van der Waals surface area contributed by atoms with E-state index >= 15 is 0 Å². The summed E-state index contributed by atoms with van der Waals surface area (Å²) in [7, 11) is 0. The van der Waals surface area contributed by atoms with E-state index in [2.05, 4.69) is 56.3 Å². The number of hydrogen-bond acceptors (Lipinski definition) is 4. The average Bonchev–Trinajstić information content (AvgIpc) is 2.88. The molecule has 164 valence electrons. The van der Waals surface area contributed by atoms with Crippen LogP contribution in [0.1, 0.15) is 22.3 Å². The summed E-state index contributed by atoms with van der Waals surface area (Å²) in [5.41, 5.74) is 8.18. The Kier molecular flexibility index (Phi) is 6.64. The molecule has 0 amide bonds. The summed E-state index contributed by atoms with van der Waals surface area (Å²) in [4.78, 5) is 18.3. The fourth-order valence-electron chi connectivity index (χ4n) is 4.13. The van der Waals surface area contributed by atoms with Gasteiger partial charge in [-0.2, -0.15) is 20.0 Å². The molecule has 5 rings (SSSR count). The fraction of sp³-hybridized carbons (Fsp3) is 0.133. The molecular formula is C30H24N4. The van der Waals surface area contributed by atoms with Crippen molar-refractivity contribution in [2.24, 2.45) is 20.0 Å². The molecule has 1 aliphatic rings. The van der Waals surface area contributed by atoms with E-state index in [0.717, 1.165) is 70.7 Å². The van der Waals surface area contributed by atoms with Crippen molar-refractivity contribution < 1.29 is 0 Å². The zero-order chi connectivity index (χ0) is 23.0. The molecule has 0 aromatic heterocycles. The van der Waals surface area contributed by atoms with Crippen LogP contribution in [-0.4, -0.2) is 12.0 Å². The van der Waals surface area contributed by atoms with Gasteiger partial charge in [0.1, 0.15) is 12.0 Å². The molecular weight excluding hydrogens is 416 g/mol. The van der Waals surface area contributed by atoms with Gasteiger partial charge in [-0.05, 0) is 72.2 Å². The summed E-state index contributed by atoms with van der Waals surface area (Å²) in [6.07, 6.45) is 3.35. The Labute approximate surface area is 199 Å². The SMILES string of the molecule is C1=Nc2ccccc2CCc2ccccc2N=C=Nc2ccccc2CCc2ccccc2N=1. The number of aliphatic imine (C=N–C) groups is 4. The lowest BCUT2D eigenvalue weighted by atomic mass is 10.0. The Hall–Kier alpha value is -4.36. The summed E-state index contributed by atoms with van der Waals surface area (Å²) in [6, 6.07) is 38.5. The minimum absolute atomic E-state index is 0.838. The minimum Gasteiger partial charge on any atom is -0.187 e. The van der Waals surface area contributed by atoms with E-state index in [9.17, 15) is 0 Å². The fourth-order valence-corrected chi connectivity index (χ4v) is 4.13. The largest absolute Gasteiger partial charge is 0.187 e. The van der Waals surface area contributed by atoms with Crippen LogP contribution in [0.5, 0.6) is 0 Å². The van der Waals surface area contributed by atoms with Crippen LogP contribution in [0.3, 0.4) is 0 Å². The number of hydrogen-bond donors (Lipinski definition) is 0. The first-order valence-corrected chi connectivity index (χ1v) is 11.5. The van der Waals surface area contributed by atoms with Crippen LogP contribution >= 0.6 is 0 Å². The molecule has 0 saturated heterocycles. The molecule has 0 aliphatic carbocycles. The van der Waals surface area contributed by atoms with Gasteiger partial charge in [0.2, 0.25) is 0 Å². The molecule has 0 radical (unpaired) electrons. The lowest BCUT2D eigenvalue weighted by Gasteiger charge is -2.08. The number of aryl methyl sites for hydroxylation is 4. The first-order chi connectivity index (χ1) is 16.9. The van der Waals surface area contributed by atoms with Crippen molar-refractivity contribution in [3.8, 4) is 0 Å². The highest BCUT2D eigenvalue weighted by molar-refractivity contribution is 5.63. The maximum Gasteiger partial charge on any atom is 0.100 e. The van der Waals surface area contributed by atoms with Gasteiger partial charge >= 0.3 is 0 Å². The second kappa shape index (κ2) is 10.5. The van der Waals surface area contributed by atoms with Crippen LogP contribution in [0.15, 0.2) is 117 Å². The van der Waals surface area contributed by atoms with Gasteiger partial charge in [-0.1, -0.05) is 72.8 Å². The van der Waals surface area contributed by atoms with E-state index in [4.69, 9.17) is 0 Å². The van der Waals surface area contributed by atoms with E-state index in [-0.39, 0.29) is 0 Å². The summed E-state index contributed by atoms with van der Waals surface area (Å²) in [5.74, 6) is 0. The van der Waals surface area contributed by atoms with Crippen molar-refractivity contribution in [1.82, 2.24) is 0 Å². The van der Waals surface area contributed by atoms with Gasteiger partial charge in [-0.3, -0.25) is 0 Å². The van der Waals surface area contributed by atoms with Crippen molar-refractivity contribution in [1.29, 1.82) is 0 Å². The van der Waals surface area contributed by atoms with Crippen LogP contribution in [0.2, 0.25) is 0 Å². The number of para-hydroxylation sites is 4. The van der Waals surface area contributed by atoms with Crippen LogP contribution in [0.25, 0.3) is 0 Å². The van der Waals surface area contributed by atoms with Gasteiger partial charge in [0.05, 0.1) is 22.7 Å². The molecule has 0 saturated carbocycles. The number of nitrogens with zero attached hydrogens (tertiary/aromatic N) is 4. The van der Waals surface area contributed by atoms with E-state index in [0.29, 0.717) is 0 Å². The minimum atomic E-state index is 0.838. The van der Waals surface area contributed by atoms with Crippen molar-refractivity contribution in [2.75, 3.05) is 0 Å². The maximum absolute atomic E-state index is 4.57. The molecule has 0 bridgehead atoms. The molecule has 0 fully saturated rings. The monoisotopic (exact) mass is 440 g/mol. The zero-order valence-electron chi connectivity index (χ0n) is 18.9.